The lowest BCUT2D eigenvalue weighted by molar-refractivity contribution is -0.122. The summed E-state index contributed by atoms with van der Waals surface area (Å²) in [6, 6.07) is 18.1. The SMILES string of the molecule is O=C(c1ccc(Cl)cc1)[C@@H]1[C@@H]2C(=O)N(c3ccc4c(c3)OCO4)C(=O)[C@@H]2[C@H]2C=Cc3ccccc3N21. The number of carbonyl (C=O) groups excluding carboxylic acids is 3. The van der Waals surface area contributed by atoms with E-state index in [1.54, 1.807) is 42.5 Å². The van der Waals surface area contributed by atoms with Crippen molar-refractivity contribution in [2.75, 3.05) is 16.6 Å². The largest absolute Gasteiger partial charge is 0.454 e. The first-order valence-electron chi connectivity index (χ1n) is 11.7. The predicted octanol–water partition coefficient (Wildman–Crippen LogP) is 4.34. The summed E-state index contributed by atoms with van der Waals surface area (Å²) in [5.41, 5.74) is 2.63. The van der Waals surface area contributed by atoms with Gasteiger partial charge in [0.1, 0.15) is 6.04 Å². The molecule has 3 aromatic rings. The fraction of sp³-hybridized carbons (Fsp3) is 0.179. The maximum atomic E-state index is 14.0. The van der Waals surface area contributed by atoms with Gasteiger partial charge in [0.2, 0.25) is 18.6 Å². The predicted molar refractivity (Wildman–Crippen MR) is 133 cm³/mol. The van der Waals surface area contributed by atoms with Gasteiger partial charge in [-0.05, 0) is 48.0 Å². The van der Waals surface area contributed by atoms with Crippen molar-refractivity contribution in [3.63, 3.8) is 0 Å². The molecule has 2 saturated heterocycles. The van der Waals surface area contributed by atoms with Crippen molar-refractivity contribution in [3.05, 3.63) is 89.0 Å². The Morgan fingerprint density at radius 2 is 1.64 bits per heavy atom. The van der Waals surface area contributed by atoms with Gasteiger partial charge < -0.3 is 14.4 Å². The van der Waals surface area contributed by atoms with Crippen molar-refractivity contribution in [1.82, 2.24) is 0 Å². The zero-order valence-electron chi connectivity index (χ0n) is 18.8. The van der Waals surface area contributed by atoms with Crippen molar-refractivity contribution in [1.29, 1.82) is 0 Å². The van der Waals surface area contributed by atoms with Gasteiger partial charge in [0.15, 0.2) is 17.3 Å². The molecule has 0 saturated carbocycles. The van der Waals surface area contributed by atoms with Gasteiger partial charge in [-0.1, -0.05) is 42.0 Å². The molecule has 0 unspecified atom stereocenters. The van der Waals surface area contributed by atoms with Crippen LogP contribution < -0.4 is 19.3 Å². The number of nitrogens with zero attached hydrogens (tertiary/aromatic N) is 2. The third-order valence-corrected chi connectivity index (χ3v) is 7.68. The zero-order chi connectivity index (χ0) is 24.6. The molecule has 36 heavy (non-hydrogen) atoms. The van der Waals surface area contributed by atoms with E-state index >= 15 is 0 Å². The molecule has 7 nitrogen and oxygen atoms in total. The third kappa shape index (κ3) is 2.89. The number of fused-ring (bicyclic) bond motifs is 6. The molecule has 2 fully saturated rings. The number of benzene rings is 3. The van der Waals surface area contributed by atoms with Gasteiger partial charge in [-0.2, -0.15) is 0 Å². The molecule has 4 aliphatic heterocycles. The van der Waals surface area contributed by atoms with E-state index in [9.17, 15) is 14.4 Å². The Morgan fingerprint density at radius 3 is 2.47 bits per heavy atom. The Balaban J connectivity index is 1.35. The van der Waals surface area contributed by atoms with Gasteiger partial charge in [0.25, 0.3) is 0 Å². The van der Waals surface area contributed by atoms with Gasteiger partial charge in [-0.25, -0.2) is 4.90 Å². The van der Waals surface area contributed by atoms with E-state index in [0.717, 1.165) is 11.3 Å². The number of carbonyl (C=O) groups is 3. The number of ketones is 1. The molecule has 3 aromatic carbocycles. The van der Waals surface area contributed by atoms with E-state index in [1.165, 1.54) is 4.90 Å². The second-order valence-electron chi connectivity index (χ2n) is 9.23. The number of ether oxygens (including phenoxy) is 2. The molecule has 0 N–H and O–H groups in total. The van der Waals surface area contributed by atoms with Crippen molar-refractivity contribution >= 4 is 46.6 Å². The van der Waals surface area contributed by atoms with Gasteiger partial charge in [0, 0.05) is 22.3 Å². The molecule has 7 rings (SSSR count). The fourth-order valence-electron chi connectivity index (χ4n) is 5.88. The fourth-order valence-corrected chi connectivity index (χ4v) is 6.00. The van der Waals surface area contributed by atoms with Gasteiger partial charge in [0.05, 0.1) is 23.6 Å². The summed E-state index contributed by atoms with van der Waals surface area (Å²) in [5.74, 6) is -1.44. The lowest BCUT2D eigenvalue weighted by atomic mass is 9.86. The maximum Gasteiger partial charge on any atom is 0.240 e. The Hall–Kier alpha value is -4.10. The van der Waals surface area contributed by atoms with Crippen LogP contribution in [0.1, 0.15) is 15.9 Å². The van der Waals surface area contributed by atoms with Gasteiger partial charge in [-0.3, -0.25) is 14.4 Å². The lowest BCUT2D eigenvalue weighted by Gasteiger charge is -2.36. The molecule has 4 aliphatic rings. The highest BCUT2D eigenvalue weighted by Crippen LogP contribution is 2.50. The topological polar surface area (TPSA) is 76.1 Å². The average molecular weight is 499 g/mol. The highest BCUT2D eigenvalue weighted by molar-refractivity contribution is 6.30. The summed E-state index contributed by atoms with van der Waals surface area (Å²) in [6.07, 6.45) is 3.90. The molecule has 4 atom stereocenters. The number of halogens is 1. The first kappa shape index (κ1) is 21.2. The number of hydrogen-bond acceptors (Lipinski definition) is 6. The molecule has 0 aliphatic carbocycles. The van der Waals surface area contributed by atoms with Gasteiger partial charge >= 0.3 is 0 Å². The molecule has 8 heteroatoms. The summed E-state index contributed by atoms with van der Waals surface area (Å²) in [5, 5.41) is 0.515. The zero-order valence-corrected chi connectivity index (χ0v) is 19.6. The van der Waals surface area contributed by atoms with Crippen LogP contribution in [0, 0.1) is 11.8 Å². The molecule has 2 amide bonds. The highest BCUT2D eigenvalue weighted by atomic mass is 35.5. The average Bonchev–Trinajstić information content (AvgIpc) is 3.57. The number of imide groups is 1. The molecular formula is C28H19ClN2O5. The number of anilines is 2. The Kier molecular flexibility index (Phi) is 4.53. The van der Waals surface area contributed by atoms with Crippen LogP contribution in [0.15, 0.2) is 72.8 Å². The number of hydrogen-bond donors (Lipinski definition) is 0. The van der Waals surface area contributed by atoms with Gasteiger partial charge in [-0.15, -0.1) is 0 Å². The van der Waals surface area contributed by atoms with E-state index in [1.807, 2.05) is 41.3 Å². The summed E-state index contributed by atoms with van der Waals surface area (Å²) in [7, 11) is 0. The number of amides is 2. The van der Waals surface area contributed by atoms with Crippen LogP contribution in [0.3, 0.4) is 0 Å². The van der Waals surface area contributed by atoms with Crippen molar-refractivity contribution in [2.45, 2.75) is 12.1 Å². The summed E-state index contributed by atoms with van der Waals surface area (Å²) < 4.78 is 10.8. The molecule has 4 heterocycles. The van der Waals surface area contributed by atoms with Crippen molar-refractivity contribution < 1.29 is 23.9 Å². The molecular weight excluding hydrogens is 480 g/mol. The number of Topliss-reactive ketones (excluding diaryl/α,β-unsaturated/α-hetero) is 1. The quantitative estimate of drug-likeness (QED) is 0.395. The normalized spacial score (nSPS) is 25.1. The van der Waals surface area contributed by atoms with Crippen LogP contribution in [-0.4, -0.2) is 36.5 Å². The summed E-state index contributed by atoms with van der Waals surface area (Å²) in [4.78, 5) is 45.0. The lowest BCUT2D eigenvalue weighted by Crippen LogP contribution is -2.48. The van der Waals surface area contributed by atoms with Crippen LogP contribution in [-0.2, 0) is 9.59 Å². The molecule has 0 aromatic heterocycles. The minimum atomic E-state index is -0.845. The standard InChI is InChI=1S/C28H19ClN2O5/c29-17-8-5-16(6-9-17)26(32)25-24-23(20-11-7-15-3-1-2-4-19(15)31(20)25)27(33)30(28(24)34)18-10-12-21-22(13-18)36-14-35-21/h1-13,20,23-25H,14H2/t20-,23-,24-,25+/m1/s1. The van der Waals surface area contributed by atoms with E-state index in [0.29, 0.717) is 27.8 Å². The smallest absolute Gasteiger partial charge is 0.240 e. The van der Waals surface area contributed by atoms with Crippen LogP contribution >= 0.6 is 11.6 Å². The third-order valence-electron chi connectivity index (χ3n) is 7.43. The number of para-hydroxylation sites is 1. The Morgan fingerprint density at radius 1 is 0.889 bits per heavy atom. The van der Waals surface area contributed by atoms with Crippen molar-refractivity contribution in [2.24, 2.45) is 11.8 Å². The van der Waals surface area contributed by atoms with Crippen LogP contribution in [0.25, 0.3) is 6.08 Å². The maximum absolute atomic E-state index is 14.0. The van der Waals surface area contributed by atoms with E-state index in [-0.39, 0.29) is 18.5 Å². The monoisotopic (exact) mass is 498 g/mol. The van der Waals surface area contributed by atoms with Crippen LogP contribution in [0.2, 0.25) is 5.02 Å². The number of rotatable bonds is 3. The first-order valence-corrected chi connectivity index (χ1v) is 12.0. The van der Waals surface area contributed by atoms with Crippen LogP contribution in [0.4, 0.5) is 11.4 Å². The highest BCUT2D eigenvalue weighted by Gasteiger charge is 2.64. The molecule has 0 spiro atoms. The minimum absolute atomic E-state index is 0.0881. The molecule has 0 radical (unpaired) electrons. The van der Waals surface area contributed by atoms with E-state index in [4.69, 9.17) is 21.1 Å². The van der Waals surface area contributed by atoms with E-state index < -0.39 is 29.8 Å². The Bertz CT molecular complexity index is 1480. The van der Waals surface area contributed by atoms with E-state index in [2.05, 4.69) is 0 Å². The second-order valence-corrected chi connectivity index (χ2v) is 9.67. The summed E-state index contributed by atoms with van der Waals surface area (Å²) in [6.45, 7) is 0.0881. The molecule has 0 bridgehead atoms. The molecule has 178 valence electrons. The summed E-state index contributed by atoms with van der Waals surface area (Å²) >= 11 is 6.06. The first-order chi connectivity index (χ1) is 17.5. The van der Waals surface area contributed by atoms with Crippen molar-refractivity contribution in [3.8, 4) is 11.5 Å². The Labute approximate surface area is 211 Å². The minimum Gasteiger partial charge on any atom is -0.454 e. The second kappa shape index (κ2) is 7.70. The van der Waals surface area contributed by atoms with Crippen LogP contribution in [0.5, 0.6) is 11.5 Å².